The van der Waals surface area contributed by atoms with E-state index in [2.05, 4.69) is 20.7 Å². The van der Waals surface area contributed by atoms with Crippen LogP contribution in [0.25, 0.3) is 0 Å². The molecule has 90 valence electrons. The number of methoxy groups -OCH3 is 1. The van der Waals surface area contributed by atoms with Gasteiger partial charge >= 0.3 is 0 Å². The first-order valence-corrected chi connectivity index (χ1v) is 7.75. The molecule has 2 atom stereocenters. The van der Waals surface area contributed by atoms with Crippen molar-refractivity contribution in [1.82, 2.24) is 4.72 Å². The van der Waals surface area contributed by atoms with E-state index in [1.54, 1.807) is 0 Å². The molecule has 1 saturated carbocycles. The van der Waals surface area contributed by atoms with E-state index >= 15 is 0 Å². The van der Waals surface area contributed by atoms with Gasteiger partial charge in [-0.1, -0.05) is 28.8 Å². The lowest BCUT2D eigenvalue weighted by atomic mass is 9.96. The van der Waals surface area contributed by atoms with Crippen LogP contribution in [0.15, 0.2) is 0 Å². The SMILES string of the molecule is COCCS(=O)(=O)NC1CCCCC1Br. The largest absolute Gasteiger partial charge is 0.384 e. The topological polar surface area (TPSA) is 55.4 Å². The summed E-state index contributed by atoms with van der Waals surface area (Å²) < 4.78 is 30.7. The molecule has 0 saturated heterocycles. The number of hydrogen-bond acceptors (Lipinski definition) is 3. The Bertz CT molecular complexity index is 281. The van der Waals surface area contributed by atoms with E-state index in [0.29, 0.717) is 0 Å². The van der Waals surface area contributed by atoms with Gasteiger partial charge in [0.1, 0.15) is 0 Å². The van der Waals surface area contributed by atoms with Crippen LogP contribution >= 0.6 is 15.9 Å². The van der Waals surface area contributed by atoms with Crippen molar-refractivity contribution in [2.24, 2.45) is 0 Å². The molecule has 0 amide bonds. The van der Waals surface area contributed by atoms with Gasteiger partial charge in [0.15, 0.2) is 0 Å². The summed E-state index contributed by atoms with van der Waals surface area (Å²) in [5, 5.41) is 0. The maximum absolute atomic E-state index is 11.6. The molecule has 15 heavy (non-hydrogen) atoms. The molecule has 1 N–H and O–H groups in total. The zero-order valence-electron chi connectivity index (χ0n) is 8.91. The number of nitrogens with one attached hydrogen (secondary N) is 1. The van der Waals surface area contributed by atoms with E-state index < -0.39 is 10.0 Å². The molecule has 2 unspecified atom stereocenters. The highest BCUT2D eigenvalue weighted by molar-refractivity contribution is 9.09. The molecule has 1 fully saturated rings. The molecule has 0 aromatic carbocycles. The highest BCUT2D eigenvalue weighted by atomic mass is 79.9. The van der Waals surface area contributed by atoms with Gasteiger partial charge in [0.2, 0.25) is 10.0 Å². The van der Waals surface area contributed by atoms with Crippen LogP contribution in [0.4, 0.5) is 0 Å². The monoisotopic (exact) mass is 299 g/mol. The molecule has 0 spiro atoms. The predicted octanol–water partition coefficient (Wildman–Crippen LogP) is 1.26. The first-order chi connectivity index (χ1) is 7.05. The average Bonchev–Trinajstić information content (AvgIpc) is 2.18. The summed E-state index contributed by atoms with van der Waals surface area (Å²) in [6, 6.07) is 0.0422. The summed E-state index contributed by atoms with van der Waals surface area (Å²) in [6.45, 7) is 0.245. The molecule has 0 aliphatic heterocycles. The van der Waals surface area contributed by atoms with Crippen LogP contribution in [-0.4, -0.2) is 38.8 Å². The Morgan fingerprint density at radius 3 is 2.67 bits per heavy atom. The third kappa shape index (κ3) is 4.80. The fourth-order valence-electron chi connectivity index (χ4n) is 1.70. The molecule has 0 heterocycles. The second-order valence-corrected chi connectivity index (χ2v) is 6.89. The second kappa shape index (κ2) is 6.18. The lowest BCUT2D eigenvalue weighted by molar-refractivity contribution is 0.216. The van der Waals surface area contributed by atoms with Crippen LogP contribution in [0.1, 0.15) is 25.7 Å². The Hall–Kier alpha value is 0.350. The first kappa shape index (κ1) is 13.4. The van der Waals surface area contributed by atoms with Crippen LogP contribution in [0.2, 0.25) is 0 Å². The summed E-state index contributed by atoms with van der Waals surface area (Å²) in [6.07, 6.45) is 4.23. The molecule has 1 rings (SSSR count). The second-order valence-electron chi connectivity index (χ2n) is 3.84. The van der Waals surface area contributed by atoms with Crippen LogP contribution in [-0.2, 0) is 14.8 Å². The predicted molar refractivity (Wildman–Crippen MR) is 63.8 cm³/mol. The van der Waals surface area contributed by atoms with Crippen molar-refractivity contribution >= 4 is 26.0 Å². The van der Waals surface area contributed by atoms with Crippen LogP contribution in [0.3, 0.4) is 0 Å². The van der Waals surface area contributed by atoms with Gasteiger partial charge in [-0.15, -0.1) is 0 Å². The highest BCUT2D eigenvalue weighted by Crippen LogP contribution is 2.24. The van der Waals surface area contributed by atoms with E-state index in [-0.39, 0.29) is 23.2 Å². The smallest absolute Gasteiger partial charge is 0.214 e. The van der Waals surface area contributed by atoms with Crippen LogP contribution in [0.5, 0.6) is 0 Å². The fourth-order valence-corrected chi connectivity index (χ4v) is 3.84. The normalized spacial score (nSPS) is 27.9. The van der Waals surface area contributed by atoms with Crippen LogP contribution < -0.4 is 4.72 Å². The van der Waals surface area contributed by atoms with E-state index in [1.807, 2.05) is 0 Å². The van der Waals surface area contributed by atoms with Crippen molar-refractivity contribution in [1.29, 1.82) is 0 Å². The van der Waals surface area contributed by atoms with E-state index in [1.165, 1.54) is 13.5 Å². The van der Waals surface area contributed by atoms with Crippen LogP contribution in [0, 0.1) is 0 Å². The standard InChI is InChI=1S/C9H18BrNO3S/c1-14-6-7-15(12,13)11-9-5-3-2-4-8(9)10/h8-9,11H,2-7H2,1H3. The summed E-state index contributed by atoms with van der Waals surface area (Å²) in [4.78, 5) is 0.267. The van der Waals surface area contributed by atoms with E-state index in [0.717, 1.165) is 19.3 Å². The number of sulfonamides is 1. The first-order valence-electron chi connectivity index (χ1n) is 5.18. The Labute approximate surface area is 99.9 Å². The van der Waals surface area contributed by atoms with Gasteiger partial charge in [-0.2, -0.15) is 0 Å². The molecular formula is C9H18BrNO3S. The third-order valence-electron chi connectivity index (χ3n) is 2.57. The molecule has 0 bridgehead atoms. The number of halogens is 1. The Morgan fingerprint density at radius 1 is 1.40 bits per heavy atom. The molecule has 1 aliphatic carbocycles. The van der Waals surface area contributed by atoms with Gasteiger partial charge in [0, 0.05) is 18.0 Å². The van der Waals surface area contributed by atoms with Crippen molar-refractivity contribution < 1.29 is 13.2 Å². The zero-order valence-corrected chi connectivity index (χ0v) is 11.3. The number of ether oxygens (including phenoxy) is 1. The Balaban J connectivity index is 2.44. The zero-order chi connectivity index (χ0) is 11.3. The van der Waals surface area contributed by atoms with Gasteiger partial charge < -0.3 is 4.74 Å². The minimum atomic E-state index is -3.18. The molecule has 0 aromatic rings. The molecule has 4 nitrogen and oxygen atoms in total. The van der Waals surface area contributed by atoms with Crippen molar-refractivity contribution in [2.45, 2.75) is 36.6 Å². The Morgan fingerprint density at radius 2 is 2.07 bits per heavy atom. The van der Waals surface area contributed by atoms with Gasteiger partial charge in [0.05, 0.1) is 12.4 Å². The number of alkyl halides is 1. The summed E-state index contributed by atoms with van der Waals surface area (Å²) in [5.74, 6) is 0.0414. The van der Waals surface area contributed by atoms with E-state index in [4.69, 9.17) is 4.74 Å². The summed E-state index contributed by atoms with van der Waals surface area (Å²) in [7, 11) is -1.68. The van der Waals surface area contributed by atoms with Gasteiger partial charge in [-0.3, -0.25) is 0 Å². The molecule has 1 aliphatic rings. The lowest BCUT2D eigenvalue weighted by Gasteiger charge is -2.27. The van der Waals surface area contributed by atoms with Crippen molar-refractivity contribution in [3.8, 4) is 0 Å². The quantitative estimate of drug-likeness (QED) is 0.778. The van der Waals surface area contributed by atoms with Crippen molar-refractivity contribution in [3.05, 3.63) is 0 Å². The van der Waals surface area contributed by atoms with Gasteiger partial charge in [0.25, 0.3) is 0 Å². The summed E-state index contributed by atoms with van der Waals surface area (Å²) in [5.41, 5.74) is 0. The molecular weight excluding hydrogens is 282 g/mol. The maximum atomic E-state index is 11.6. The van der Waals surface area contributed by atoms with E-state index in [9.17, 15) is 8.42 Å². The van der Waals surface area contributed by atoms with Crippen molar-refractivity contribution in [3.63, 3.8) is 0 Å². The molecule has 0 radical (unpaired) electrons. The van der Waals surface area contributed by atoms with Gasteiger partial charge in [-0.05, 0) is 12.8 Å². The maximum Gasteiger partial charge on any atom is 0.214 e. The van der Waals surface area contributed by atoms with Gasteiger partial charge in [-0.25, -0.2) is 13.1 Å². The number of rotatable bonds is 5. The number of hydrogen-bond donors (Lipinski definition) is 1. The molecule has 0 aromatic heterocycles. The average molecular weight is 300 g/mol. The Kier molecular flexibility index (Phi) is 5.52. The third-order valence-corrected chi connectivity index (χ3v) is 5.03. The minimum Gasteiger partial charge on any atom is -0.384 e. The summed E-state index contributed by atoms with van der Waals surface area (Å²) >= 11 is 3.52. The highest BCUT2D eigenvalue weighted by Gasteiger charge is 2.26. The molecule has 6 heteroatoms. The van der Waals surface area contributed by atoms with Crippen molar-refractivity contribution in [2.75, 3.05) is 19.5 Å². The minimum absolute atomic E-state index is 0.0414. The fraction of sp³-hybridized carbons (Fsp3) is 1.00. The lowest BCUT2D eigenvalue weighted by Crippen LogP contribution is -2.43.